The summed E-state index contributed by atoms with van der Waals surface area (Å²) in [6.07, 6.45) is -4.49. The summed E-state index contributed by atoms with van der Waals surface area (Å²) in [7, 11) is 0. The van der Waals surface area contributed by atoms with Gasteiger partial charge in [-0.15, -0.1) is 0 Å². The van der Waals surface area contributed by atoms with Crippen molar-refractivity contribution >= 4 is 17.5 Å². The zero-order valence-electron chi connectivity index (χ0n) is 13.3. The topological polar surface area (TPSA) is 49.4 Å². The Balaban J connectivity index is 1.73. The van der Waals surface area contributed by atoms with Crippen molar-refractivity contribution in [2.75, 3.05) is 5.32 Å². The Kier molecular flexibility index (Phi) is 4.24. The Labute approximate surface area is 142 Å². The number of hydrogen-bond acceptors (Lipinski definition) is 2. The zero-order chi connectivity index (χ0) is 18.2. The van der Waals surface area contributed by atoms with Crippen LogP contribution in [0.5, 0.6) is 0 Å². The van der Waals surface area contributed by atoms with Crippen molar-refractivity contribution in [2.45, 2.75) is 25.7 Å². The molecule has 0 fully saturated rings. The number of nitrogens with zero attached hydrogens (tertiary/aromatic N) is 1. The van der Waals surface area contributed by atoms with Gasteiger partial charge in [0.15, 0.2) is 0 Å². The third-order valence-electron chi connectivity index (χ3n) is 4.15. The first-order valence-electron chi connectivity index (χ1n) is 7.64. The van der Waals surface area contributed by atoms with Crippen LogP contribution in [0.4, 0.5) is 18.9 Å². The molecule has 0 radical (unpaired) electrons. The lowest BCUT2D eigenvalue weighted by Gasteiger charge is -2.23. The standard InChI is InChI=1S/C18H15F3N2O2/c1-11(23-10-12-5-2-3-8-15(12)17(23)25)16(24)22-14-7-4-6-13(9-14)18(19,20)21/h2-9,11H,10H2,1H3,(H,22,24). The molecule has 1 aliphatic heterocycles. The lowest BCUT2D eigenvalue weighted by molar-refractivity contribution is -0.137. The smallest absolute Gasteiger partial charge is 0.324 e. The van der Waals surface area contributed by atoms with E-state index in [1.165, 1.54) is 17.0 Å². The van der Waals surface area contributed by atoms with Crippen molar-refractivity contribution in [3.63, 3.8) is 0 Å². The molecule has 0 aromatic heterocycles. The van der Waals surface area contributed by atoms with Gasteiger partial charge in [-0.1, -0.05) is 24.3 Å². The second-order valence-corrected chi connectivity index (χ2v) is 5.83. The van der Waals surface area contributed by atoms with Crippen LogP contribution in [0.1, 0.15) is 28.4 Å². The summed E-state index contributed by atoms with van der Waals surface area (Å²) < 4.78 is 38.2. The highest BCUT2D eigenvalue weighted by Crippen LogP contribution is 2.31. The fourth-order valence-corrected chi connectivity index (χ4v) is 2.75. The number of fused-ring (bicyclic) bond motifs is 1. The number of anilines is 1. The maximum absolute atomic E-state index is 12.7. The highest BCUT2D eigenvalue weighted by molar-refractivity contribution is 6.03. The van der Waals surface area contributed by atoms with Crippen LogP contribution < -0.4 is 5.32 Å². The summed E-state index contributed by atoms with van der Waals surface area (Å²) in [4.78, 5) is 26.1. The molecule has 1 atom stereocenters. The monoisotopic (exact) mass is 348 g/mol. The molecule has 0 saturated carbocycles. The van der Waals surface area contributed by atoms with Crippen LogP contribution in [0, 0.1) is 0 Å². The Morgan fingerprint density at radius 3 is 2.56 bits per heavy atom. The molecule has 1 unspecified atom stereocenters. The van der Waals surface area contributed by atoms with Crippen molar-refractivity contribution in [1.82, 2.24) is 4.90 Å². The molecule has 3 rings (SSSR count). The number of rotatable bonds is 3. The van der Waals surface area contributed by atoms with Gasteiger partial charge in [0, 0.05) is 17.8 Å². The van der Waals surface area contributed by atoms with Gasteiger partial charge in [-0.25, -0.2) is 0 Å². The molecule has 4 nitrogen and oxygen atoms in total. The molecule has 0 spiro atoms. The maximum Gasteiger partial charge on any atom is 0.416 e. The van der Waals surface area contributed by atoms with Crippen molar-refractivity contribution in [1.29, 1.82) is 0 Å². The Morgan fingerprint density at radius 2 is 1.88 bits per heavy atom. The lowest BCUT2D eigenvalue weighted by atomic mass is 10.1. The van der Waals surface area contributed by atoms with Crippen molar-refractivity contribution in [3.8, 4) is 0 Å². The Morgan fingerprint density at radius 1 is 1.16 bits per heavy atom. The van der Waals surface area contributed by atoms with Crippen LogP contribution in [-0.2, 0) is 17.5 Å². The third kappa shape index (κ3) is 3.35. The van der Waals surface area contributed by atoms with E-state index in [1.54, 1.807) is 19.1 Å². The second-order valence-electron chi connectivity index (χ2n) is 5.83. The molecule has 2 amide bonds. The first-order chi connectivity index (χ1) is 11.8. The van der Waals surface area contributed by atoms with E-state index >= 15 is 0 Å². The first kappa shape index (κ1) is 17.0. The van der Waals surface area contributed by atoms with E-state index in [0.29, 0.717) is 12.1 Å². The van der Waals surface area contributed by atoms with E-state index in [-0.39, 0.29) is 11.6 Å². The molecule has 0 aliphatic carbocycles. The summed E-state index contributed by atoms with van der Waals surface area (Å²) in [5, 5.41) is 2.45. The van der Waals surface area contributed by atoms with E-state index in [1.807, 2.05) is 12.1 Å². The Hall–Kier alpha value is -2.83. The van der Waals surface area contributed by atoms with Crippen LogP contribution in [0.25, 0.3) is 0 Å². The largest absolute Gasteiger partial charge is 0.416 e. The quantitative estimate of drug-likeness (QED) is 0.920. The van der Waals surface area contributed by atoms with Crippen LogP contribution in [-0.4, -0.2) is 22.8 Å². The van der Waals surface area contributed by atoms with Gasteiger partial charge in [-0.2, -0.15) is 13.2 Å². The molecule has 1 heterocycles. The van der Waals surface area contributed by atoms with E-state index < -0.39 is 23.7 Å². The normalized spacial score (nSPS) is 15.0. The van der Waals surface area contributed by atoms with Gasteiger partial charge >= 0.3 is 6.18 Å². The van der Waals surface area contributed by atoms with E-state index in [9.17, 15) is 22.8 Å². The fourth-order valence-electron chi connectivity index (χ4n) is 2.75. The van der Waals surface area contributed by atoms with Crippen molar-refractivity contribution in [3.05, 3.63) is 65.2 Å². The van der Waals surface area contributed by atoms with Crippen molar-refractivity contribution in [2.24, 2.45) is 0 Å². The number of nitrogens with one attached hydrogen (secondary N) is 1. The average molecular weight is 348 g/mol. The first-order valence-corrected chi connectivity index (χ1v) is 7.64. The molecule has 1 N–H and O–H groups in total. The average Bonchev–Trinajstić information content (AvgIpc) is 2.91. The number of carbonyl (C=O) groups is 2. The molecular formula is C18H15F3N2O2. The van der Waals surface area contributed by atoms with Crippen LogP contribution in [0.2, 0.25) is 0 Å². The minimum atomic E-state index is -4.49. The molecule has 2 aromatic carbocycles. The predicted molar refractivity (Wildman–Crippen MR) is 85.9 cm³/mol. The number of halogens is 3. The van der Waals surface area contributed by atoms with Crippen LogP contribution in [0.15, 0.2) is 48.5 Å². The predicted octanol–water partition coefficient (Wildman–Crippen LogP) is 3.69. The van der Waals surface area contributed by atoms with Gasteiger partial charge in [0.25, 0.3) is 5.91 Å². The number of amides is 2. The summed E-state index contributed by atoms with van der Waals surface area (Å²) >= 11 is 0. The number of carbonyl (C=O) groups excluding carboxylic acids is 2. The highest BCUT2D eigenvalue weighted by atomic mass is 19.4. The molecular weight excluding hydrogens is 333 g/mol. The van der Waals surface area contributed by atoms with E-state index in [2.05, 4.69) is 5.32 Å². The molecule has 2 aromatic rings. The molecule has 7 heteroatoms. The number of alkyl halides is 3. The molecule has 1 aliphatic rings. The number of hydrogen-bond donors (Lipinski definition) is 1. The summed E-state index contributed by atoms with van der Waals surface area (Å²) in [6, 6.07) is 10.6. The fraction of sp³-hybridized carbons (Fsp3) is 0.222. The maximum atomic E-state index is 12.7. The summed E-state index contributed by atoms with van der Waals surface area (Å²) in [5.41, 5.74) is 0.561. The van der Waals surface area contributed by atoms with E-state index in [0.717, 1.165) is 17.7 Å². The van der Waals surface area contributed by atoms with Crippen LogP contribution >= 0.6 is 0 Å². The van der Waals surface area contributed by atoms with Gasteiger partial charge in [-0.3, -0.25) is 9.59 Å². The van der Waals surface area contributed by atoms with Crippen molar-refractivity contribution < 1.29 is 22.8 Å². The van der Waals surface area contributed by atoms with Gasteiger partial charge in [0.1, 0.15) is 6.04 Å². The minimum Gasteiger partial charge on any atom is -0.324 e. The van der Waals surface area contributed by atoms with E-state index in [4.69, 9.17) is 0 Å². The molecule has 0 bridgehead atoms. The molecule has 130 valence electrons. The van der Waals surface area contributed by atoms with Gasteiger partial charge in [0.2, 0.25) is 5.91 Å². The number of benzene rings is 2. The minimum absolute atomic E-state index is 0.0378. The lowest BCUT2D eigenvalue weighted by Crippen LogP contribution is -2.42. The van der Waals surface area contributed by atoms with Gasteiger partial charge in [-0.05, 0) is 36.8 Å². The zero-order valence-corrected chi connectivity index (χ0v) is 13.3. The summed E-state index contributed by atoms with van der Waals surface area (Å²) in [6.45, 7) is 1.85. The SMILES string of the molecule is CC(C(=O)Nc1cccc(C(F)(F)F)c1)N1Cc2ccccc2C1=O. The molecule has 25 heavy (non-hydrogen) atoms. The highest BCUT2D eigenvalue weighted by Gasteiger charge is 2.34. The molecule has 0 saturated heterocycles. The van der Waals surface area contributed by atoms with Gasteiger partial charge in [0.05, 0.1) is 5.56 Å². The summed E-state index contributed by atoms with van der Waals surface area (Å²) in [5.74, 6) is -0.803. The van der Waals surface area contributed by atoms with Crippen LogP contribution in [0.3, 0.4) is 0 Å². The second kappa shape index (κ2) is 6.23. The Bertz CT molecular complexity index is 833. The van der Waals surface area contributed by atoms with Gasteiger partial charge < -0.3 is 10.2 Å². The third-order valence-corrected chi connectivity index (χ3v) is 4.15.